The zero-order valence-corrected chi connectivity index (χ0v) is 36.2. The zero-order chi connectivity index (χ0) is 43.4. The van der Waals surface area contributed by atoms with Crippen molar-refractivity contribution in [2.75, 3.05) is 40.5 Å². The summed E-state index contributed by atoms with van der Waals surface area (Å²) in [5, 5.41) is 2.06. The maximum absolute atomic E-state index is 13.4. The molecule has 3 aromatic rings. The molecule has 0 bridgehead atoms. The second kappa shape index (κ2) is 21.3. The third-order valence-electron chi connectivity index (χ3n) is 11.0. The molecule has 2 aliphatic heterocycles. The third-order valence-corrected chi connectivity index (χ3v) is 11.0. The van der Waals surface area contributed by atoms with Crippen molar-refractivity contribution in [2.45, 2.75) is 92.9 Å². The third kappa shape index (κ3) is 10.3. The minimum atomic E-state index is -0.676. The highest BCUT2D eigenvalue weighted by molar-refractivity contribution is 6.02. The topological polar surface area (TPSA) is 112 Å². The molecule has 11 heteroatoms. The maximum atomic E-state index is 13.4. The molecule has 0 saturated heterocycles. The van der Waals surface area contributed by atoms with Gasteiger partial charge < -0.3 is 28.7 Å². The number of carbonyl (C=O) groups is 4. The number of allylic oxidation sites excluding steroid dienone is 4. The Balaban J connectivity index is 0.000000268. The number of hydrogen-bond acceptors (Lipinski definition) is 10. The van der Waals surface area contributed by atoms with Crippen molar-refractivity contribution >= 4 is 34.6 Å². The number of nitrogens with zero attached hydrogens (tertiary/aromatic N) is 2. The van der Waals surface area contributed by atoms with E-state index in [-0.39, 0.29) is 25.2 Å². The Bertz CT molecular complexity index is 2060. The monoisotopic (exact) mass is 810 g/mol. The van der Waals surface area contributed by atoms with Crippen LogP contribution in [0.2, 0.25) is 0 Å². The van der Waals surface area contributed by atoms with E-state index in [1.165, 1.54) is 12.1 Å². The molecule has 0 amide bonds. The smallest absolute Gasteiger partial charge is 0.336 e. The predicted octanol–water partition coefficient (Wildman–Crippen LogP) is 9.63. The summed E-state index contributed by atoms with van der Waals surface area (Å²) in [6.45, 7) is 16.1. The number of halogens is 1. The molecule has 3 aromatic carbocycles. The highest BCUT2D eigenvalue weighted by Gasteiger charge is 2.41. The zero-order valence-electron chi connectivity index (χ0n) is 36.2. The normalized spacial score (nSPS) is 15.0. The summed E-state index contributed by atoms with van der Waals surface area (Å²) in [6.07, 6.45) is 3.47. The molecule has 5 rings (SSSR count). The maximum Gasteiger partial charge on any atom is 0.336 e. The highest BCUT2D eigenvalue weighted by Crippen LogP contribution is 2.45. The summed E-state index contributed by atoms with van der Waals surface area (Å²) in [5.41, 5.74) is 6.19. The first-order valence-corrected chi connectivity index (χ1v) is 20.5. The van der Waals surface area contributed by atoms with E-state index in [0.29, 0.717) is 52.5 Å². The van der Waals surface area contributed by atoms with E-state index in [9.17, 15) is 23.6 Å². The van der Waals surface area contributed by atoms with Gasteiger partial charge in [0, 0.05) is 36.9 Å². The van der Waals surface area contributed by atoms with Crippen LogP contribution in [0.3, 0.4) is 0 Å². The first kappa shape index (κ1) is 46.0. The van der Waals surface area contributed by atoms with Gasteiger partial charge in [0.15, 0.2) is 0 Å². The molecule has 316 valence electrons. The summed E-state index contributed by atoms with van der Waals surface area (Å²) in [5.74, 6) is -3.38. The van der Waals surface area contributed by atoms with Crippen molar-refractivity contribution in [3.05, 3.63) is 129 Å². The van der Waals surface area contributed by atoms with E-state index < -0.39 is 29.6 Å². The van der Waals surface area contributed by atoms with Crippen LogP contribution in [0.15, 0.2) is 112 Å². The van der Waals surface area contributed by atoms with E-state index in [0.717, 1.165) is 53.4 Å². The molecule has 0 fully saturated rings. The van der Waals surface area contributed by atoms with Crippen LogP contribution in [0.4, 0.5) is 4.39 Å². The molecule has 0 saturated carbocycles. The first-order valence-electron chi connectivity index (χ1n) is 20.5. The van der Waals surface area contributed by atoms with Crippen LogP contribution in [-0.4, -0.2) is 74.2 Å². The number of unbranched alkanes of at least 4 members (excludes halogenated alkanes) is 2. The van der Waals surface area contributed by atoms with Gasteiger partial charge >= 0.3 is 23.9 Å². The van der Waals surface area contributed by atoms with E-state index in [2.05, 4.69) is 13.8 Å². The van der Waals surface area contributed by atoms with Crippen molar-refractivity contribution in [3.8, 4) is 0 Å². The largest absolute Gasteiger partial charge is 0.463 e. The van der Waals surface area contributed by atoms with Crippen LogP contribution < -0.4 is 0 Å². The number of hydrogen-bond donors (Lipinski definition) is 0. The molecular weight excluding hydrogens is 752 g/mol. The van der Waals surface area contributed by atoms with E-state index in [1.807, 2.05) is 68.3 Å². The quantitative estimate of drug-likeness (QED) is 0.0887. The van der Waals surface area contributed by atoms with E-state index in [1.54, 1.807) is 51.8 Å². The number of esters is 4. The van der Waals surface area contributed by atoms with Gasteiger partial charge in [-0.15, -0.1) is 0 Å². The molecule has 10 nitrogen and oxygen atoms in total. The lowest BCUT2D eigenvalue weighted by Crippen LogP contribution is -2.34. The molecular formula is C48H59FN2O8. The molecule has 0 unspecified atom stereocenters. The number of ether oxygens (including phenoxy) is 4. The van der Waals surface area contributed by atoms with Gasteiger partial charge in [-0.05, 0) is 88.4 Å². The van der Waals surface area contributed by atoms with Crippen LogP contribution in [0, 0.1) is 5.82 Å². The highest BCUT2D eigenvalue weighted by atomic mass is 19.1. The molecule has 0 aliphatic carbocycles. The van der Waals surface area contributed by atoms with Gasteiger partial charge in [-0.3, -0.25) is 0 Å². The van der Waals surface area contributed by atoms with Gasteiger partial charge in [0.2, 0.25) is 0 Å². The molecule has 2 heterocycles. The minimum absolute atomic E-state index is 0.215. The number of rotatable bonds is 14. The van der Waals surface area contributed by atoms with E-state index in [4.69, 9.17) is 18.9 Å². The van der Waals surface area contributed by atoms with E-state index >= 15 is 0 Å². The Labute approximate surface area is 348 Å². The van der Waals surface area contributed by atoms with Crippen molar-refractivity contribution in [1.29, 1.82) is 0 Å². The van der Waals surface area contributed by atoms with Crippen LogP contribution in [-0.2, 0) is 38.1 Å². The SMILES string of the molecule is CCCCOC(=O)C1=C(C)N(C)C(C)=C(C(=O)OCCCC)C1c1cccc2ccccc12.CCOC(=O)C1=C(C)N(C)C(C)=C(C(=O)OCC)C1c1ccc(F)cc1. The Hall–Kier alpha value is -5.71. The average molecular weight is 811 g/mol. The summed E-state index contributed by atoms with van der Waals surface area (Å²) < 4.78 is 35.2. The second-order valence-electron chi connectivity index (χ2n) is 14.5. The summed E-state index contributed by atoms with van der Waals surface area (Å²) in [4.78, 5) is 55.8. The van der Waals surface area contributed by atoms with Gasteiger partial charge in [-0.2, -0.15) is 0 Å². The van der Waals surface area contributed by atoms with Gasteiger partial charge in [0.05, 0.1) is 60.6 Å². The molecule has 2 aliphatic rings. The fourth-order valence-electron chi connectivity index (χ4n) is 7.41. The van der Waals surface area contributed by atoms with Crippen molar-refractivity contribution < 1.29 is 42.5 Å². The van der Waals surface area contributed by atoms with Crippen LogP contribution in [0.25, 0.3) is 10.8 Å². The Morgan fingerprint density at radius 3 is 1.39 bits per heavy atom. The fourth-order valence-corrected chi connectivity index (χ4v) is 7.41. The van der Waals surface area contributed by atoms with Crippen molar-refractivity contribution in [3.63, 3.8) is 0 Å². The lowest BCUT2D eigenvalue weighted by Gasteiger charge is -2.36. The minimum Gasteiger partial charge on any atom is -0.463 e. The molecule has 59 heavy (non-hydrogen) atoms. The Morgan fingerprint density at radius 2 is 0.949 bits per heavy atom. The number of benzene rings is 3. The lowest BCUT2D eigenvalue weighted by atomic mass is 9.78. The predicted molar refractivity (Wildman–Crippen MR) is 227 cm³/mol. The first-order chi connectivity index (χ1) is 28.2. The van der Waals surface area contributed by atoms with Crippen molar-refractivity contribution in [2.24, 2.45) is 0 Å². The number of carbonyl (C=O) groups excluding carboxylic acids is 4. The fraction of sp³-hybridized carbons (Fsp3) is 0.417. The van der Waals surface area contributed by atoms with Gasteiger partial charge in [0.25, 0.3) is 0 Å². The van der Waals surface area contributed by atoms with Crippen LogP contribution >= 0.6 is 0 Å². The summed E-state index contributed by atoms with van der Waals surface area (Å²) >= 11 is 0. The lowest BCUT2D eigenvalue weighted by molar-refractivity contribution is -0.142. The Morgan fingerprint density at radius 1 is 0.542 bits per heavy atom. The molecule has 0 N–H and O–H groups in total. The number of fused-ring (bicyclic) bond motifs is 1. The molecule has 0 radical (unpaired) electrons. The second-order valence-corrected chi connectivity index (χ2v) is 14.5. The standard InChI is InChI=1S/C28H35NO4.C20H24FNO4/c1-6-8-17-32-27(30)24-19(3)29(5)20(4)25(28(31)33-18-9-7-2)26(24)23-16-12-14-21-13-10-11-15-22(21)23;1-6-25-19(23)16-12(3)22(5)13(4)17(20(24)26-7-2)18(16)14-8-10-15(21)11-9-14/h10-16,26H,6-9,17-18H2,1-5H3;8-11,18H,6-7H2,1-5H3. The molecule has 0 atom stereocenters. The molecule has 0 spiro atoms. The average Bonchev–Trinajstić information content (AvgIpc) is 3.22. The Kier molecular flexibility index (Phi) is 16.6. The van der Waals surface area contributed by atoms with Gasteiger partial charge in [-0.25, -0.2) is 23.6 Å². The molecule has 0 aromatic heterocycles. The van der Waals surface area contributed by atoms with Gasteiger partial charge in [-0.1, -0.05) is 81.3 Å². The van der Waals surface area contributed by atoms with Crippen molar-refractivity contribution in [1.82, 2.24) is 9.80 Å². The van der Waals surface area contributed by atoms with Gasteiger partial charge in [0.1, 0.15) is 5.82 Å². The van der Waals surface area contributed by atoms with Crippen LogP contribution in [0.1, 0.15) is 104 Å². The van der Waals surface area contributed by atoms with Crippen LogP contribution in [0.5, 0.6) is 0 Å². The summed E-state index contributed by atoms with van der Waals surface area (Å²) in [6, 6.07) is 19.8. The summed E-state index contributed by atoms with van der Waals surface area (Å²) in [7, 11) is 3.66.